The van der Waals surface area contributed by atoms with E-state index in [1.807, 2.05) is 146 Å². The lowest BCUT2D eigenvalue weighted by Gasteiger charge is -2.40. The van der Waals surface area contributed by atoms with Crippen molar-refractivity contribution in [1.29, 1.82) is 0 Å². The molecule has 8 aromatic rings. The minimum absolute atomic E-state index is 0.0832. The number of amides is 4. The molecule has 0 unspecified atom stereocenters. The lowest BCUT2D eigenvalue weighted by atomic mass is 9.63. The summed E-state index contributed by atoms with van der Waals surface area (Å²) >= 11 is 74.6. The summed E-state index contributed by atoms with van der Waals surface area (Å²) < 4.78 is 0. The molecule has 20 heteroatoms. The minimum Gasteiger partial charge on any atom is -0.356 e. The Morgan fingerprint density at radius 2 is 0.480 bits per heavy atom. The predicted octanol–water partition coefficient (Wildman–Crippen LogP) is 22.2. The second kappa shape index (κ2) is 31.9. The van der Waals surface area contributed by atoms with E-state index in [-0.39, 0.29) is 118 Å². The molecule has 8 nitrogen and oxygen atoms in total. The highest BCUT2D eigenvalue weighted by atomic mass is 35.5. The highest BCUT2D eigenvalue weighted by Crippen LogP contribution is 2.56. The molecule has 6 fully saturated rings. The first-order valence-electron chi connectivity index (χ1n) is 33.5. The van der Waals surface area contributed by atoms with Gasteiger partial charge in [0.25, 0.3) is 0 Å². The van der Waals surface area contributed by atoms with Crippen molar-refractivity contribution in [2.45, 2.75) is 73.0 Å². The van der Waals surface area contributed by atoms with E-state index in [2.05, 4.69) is 57.7 Å². The molecule has 516 valence electrons. The normalized spacial score (nSPS) is 28.2. The molecule has 4 aliphatic carbocycles. The van der Waals surface area contributed by atoms with Crippen LogP contribution >= 0.6 is 139 Å². The van der Waals surface area contributed by atoms with Crippen LogP contribution in [0.4, 0.5) is 0 Å². The summed E-state index contributed by atoms with van der Waals surface area (Å²) in [6.45, 7) is 2.78. The smallest absolute Gasteiger partial charge is 0.227 e. The number of carbonyl (C=O) groups is 4. The van der Waals surface area contributed by atoms with Crippen molar-refractivity contribution in [1.82, 2.24) is 21.3 Å². The topological polar surface area (TPSA) is 116 Å². The second-order valence-corrected chi connectivity index (χ2v) is 32.2. The summed E-state index contributed by atoms with van der Waals surface area (Å²) in [5, 5.41) is 20.2. The van der Waals surface area contributed by atoms with E-state index >= 15 is 0 Å². The maximum atomic E-state index is 12.2. The molecule has 4 saturated heterocycles. The van der Waals surface area contributed by atoms with Gasteiger partial charge >= 0.3 is 0 Å². The third kappa shape index (κ3) is 15.7. The van der Waals surface area contributed by atoms with Crippen LogP contribution in [0.2, 0.25) is 60.3 Å². The fraction of sp³-hybridized carbons (Fsp3) is 0.300. The van der Waals surface area contributed by atoms with Crippen LogP contribution in [0.25, 0.3) is 0 Å². The number of hydrogen-bond acceptors (Lipinski definition) is 4. The van der Waals surface area contributed by atoms with Crippen molar-refractivity contribution >= 4 is 163 Å². The van der Waals surface area contributed by atoms with Gasteiger partial charge in [-0.05, 0) is 226 Å². The fourth-order valence-corrected chi connectivity index (χ4v) is 19.9. The molecule has 4 heterocycles. The van der Waals surface area contributed by atoms with Gasteiger partial charge in [-0.15, -0.1) is 0 Å². The Bertz CT molecular complexity index is 4140. The zero-order valence-electron chi connectivity index (χ0n) is 53.5. The van der Waals surface area contributed by atoms with Crippen molar-refractivity contribution in [2.24, 2.45) is 47.3 Å². The first-order valence-corrected chi connectivity index (χ1v) is 38.0. The standard InChI is InChI=1S/2C20H18Cl3NO.2C20H16Cl3NO/c4*21-12-3-1-11(2-4-12)19-15(14-6-5-13(22)9-18(14)23)7-8-16-17(19)10-24-20(16)25/h2*1-6,9,15-17,19H,7-8,10H2,(H,24,25);2*1-9,15-17,19H,10H2,(H,24,25)/t15-,16+,17+,19-;15-,16-,17-,19+;15-,16+,17+,19-;15-,16-,17-,19+/m0101/s1. The molecule has 4 amide bonds. The largest absolute Gasteiger partial charge is 0.356 e. The van der Waals surface area contributed by atoms with Crippen molar-refractivity contribution in [3.05, 3.63) is 299 Å². The van der Waals surface area contributed by atoms with E-state index < -0.39 is 0 Å². The summed E-state index contributed by atoms with van der Waals surface area (Å²) in [6.07, 6.45) is 11.9. The predicted molar refractivity (Wildman–Crippen MR) is 410 cm³/mol. The first kappa shape index (κ1) is 72.9. The number of allylic oxidation sites excluding steroid dienone is 2. The third-order valence-corrected chi connectivity index (χ3v) is 25.0. The van der Waals surface area contributed by atoms with Gasteiger partial charge in [0, 0.05) is 110 Å². The molecule has 0 radical (unpaired) electrons. The van der Waals surface area contributed by atoms with E-state index in [1.165, 1.54) is 11.1 Å². The molecule has 8 aliphatic rings. The zero-order valence-corrected chi connectivity index (χ0v) is 62.6. The lowest BCUT2D eigenvalue weighted by Crippen LogP contribution is -2.32. The molecular formula is C80H68Cl12N4O4. The first-order chi connectivity index (χ1) is 48.2. The van der Waals surface area contributed by atoms with Crippen LogP contribution in [-0.4, -0.2) is 49.8 Å². The Hall–Kier alpha value is -5.40. The van der Waals surface area contributed by atoms with E-state index in [1.54, 1.807) is 12.1 Å². The van der Waals surface area contributed by atoms with Crippen LogP contribution in [0.1, 0.15) is 118 Å². The van der Waals surface area contributed by atoms with Crippen LogP contribution in [-0.2, 0) is 19.2 Å². The molecule has 0 bridgehead atoms. The Balaban J connectivity index is 0.000000119. The summed E-state index contributed by atoms with van der Waals surface area (Å²) in [5.74, 6) is 2.92. The average molecular weight is 1570 g/mol. The van der Waals surface area contributed by atoms with Crippen LogP contribution in [0.3, 0.4) is 0 Å². The molecular weight excluding hydrogens is 1510 g/mol. The van der Waals surface area contributed by atoms with Gasteiger partial charge in [-0.3, -0.25) is 19.2 Å². The minimum atomic E-state index is -0.0944. The van der Waals surface area contributed by atoms with Gasteiger partial charge in [0.1, 0.15) is 0 Å². The van der Waals surface area contributed by atoms with Gasteiger partial charge < -0.3 is 21.3 Å². The van der Waals surface area contributed by atoms with Crippen molar-refractivity contribution in [3.63, 3.8) is 0 Å². The fourth-order valence-electron chi connectivity index (χ4n) is 17.3. The van der Waals surface area contributed by atoms with E-state index in [0.717, 1.165) is 82.2 Å². The van der Waals surface area contributed by atoms with Crippen LogP contribution in [0.5, 0.6) is 0 Å². The number of carbonyl (C=O) groups excluding carboxylic acids is 4. The van der Waals surface area contributed by atoms with Crippen molar-refractivity contribution < 1.29 is 19.2 Å². The van der Waals surface area contributed by atoms with Crippen LogP contribution in [0.15, 0.2) is 194 Å². The van der Waals surface area contributed by atoms with Gasteiger partial charge in [-0.1, -0.05) is 236 Å². The van der Waals surface area contributed by atoms with E-state index in [4.69, 9.17) is 139 Å². The maximum absolute atomic E-state index is 12.2. The number of hydrogen-bond donors (Lipinski definition) is 4. The monoisotopic (exact) mass is 1570 g/mol. The van der Waals surface area contributed by atoms with Gasteiger partial charge in [-0.2, -0.15) is 0 Å². The molecule has 0 spiro atoms. The number of benzene rings is 8. The summed E-state index contributed by atoms with van der Waals surface area (Å²) in [5.41, 5.74) is 9.04. The Morgan fingerprint density at radius 3 is 0.780 bits per heavy atom. The van der Waals surface area contributed by atoms with Crippen LogP contribution in [0, 0.1) is 47.3 Å². The molecule has 16 rings (SSSR count). The number of halogens is 12. The molecule has 100 heavy (non-hydrogen) atoms. The molecule has 0 aromatic heterocycles. The van der Waals surface area contributed by atoms with E-state index in [9.17, 15) is 19.2 Å². The van der Waals surface area contributed by atoms with Gasteiger partial charge in [0.05, 0.1) is 11.8 Å². The highest BCUT2D eigenvalue weighted by molar-refractivity contribution is 6.37. The number of rotatable bonds is 8. The average Bonchev–Trinajstić information content (AvgIpc) is 1.50. The maximum Gasteiger partial charge on any atom is 0.227 e. The molecule has 8 aromatic carbocycles. The third-order valence-electron chi connectivity index (χ3n) is 21.8. The number of fused-ring (bicyclic) bond motifs is 4. The quantitative estimate of drug-likeness (QED) is 0.113. The van der Waals surface area contributed by atoms with Crippen molar-refractivity contribution in [2.75, 3.05) is 26.2 Å². The Kier molecular flexibility index (Phi) is 23.3. The van der Waals surface area contributed by atoms with Gasteiger partial charge in [0.2, 0.25) is 23.6 Å². The number of nitrogens with one attached hydrogen (secondary N) is 4. The van der Waals surface area contributed by atoms with Gasteiger partial charge in [-0.25, -0.2) is 0 Å². The molecule has 4 aliphatic heterocycles. The highest BCUT2D eigenvalue weighted by Gasteiger charge is 2.50. The Morgan fingerprint density at radius 1 is 0.240 bits per heavy atom. The molecule has 4 N–H and O–H groups in total. The van der Waals surface area contributed by atoms with Crippen molar-refractivity contribution in [3.8, 4) is 0 Å². The molecule has 2 saturated carbocycles. The van der Waals surface area contributed by atoms with Crippen LogP contribution < -0.4 is 21.3 Å². The summed E-state index contributed by atoms with van der Waals surface area (Å²) in [6, 6.07) is 54.5. The summed E-state index contributed by atoms with van der Waals surface area (Å²) in [4.78, 5) is 48.8. The molecule has 16 atom stereocenters. The van der Waals surface area contributed by atoms with E-state index in [0.29, 0.717) is 63.3 Å². The zero-order chi connectivity index (χ0) is 70.2. The second-order valence-electron chi connectivity index (χ2n) is 27.1. The SMILES string of the molecule is O=C1NC[C@H]2[C@@H](c3ccc(Cl)cc3)[C@@H](c3ccc(Cl)cc3Cl)C=C[C@@H]12.O=C1NC[C@H]2[C@@H](c3ccc(Cl)cc3)[C@@H](c3ccc(Cl)cc3Cl)CC[C@@H]12.O=C1NC[C@H]2[C@@H](c3ccc(Cl)cc3)[C@H](c3ccc(Cl)cc3Cl)C=C[C@@H]12.O=C1NC[C@H]2[C@@H](c3ccc(Cl)cc3)[C@H](c3ccc(Cl)cc3Cl)CC[C@@H]12. The summed E-state index contributed by atoms with van der Waals surface area (Å²) in [7, 11) is 0. The Labute approximate surface area is 643 Å². The van der Waals surface area contributed by atoms with Gasteiger partial charge in [0.15, 0.2) is 0 Å². The lowest BCUT2D eigenvalue weighted by molar-refractivity contribution is -0.124.